The fraction of sp³-hybridized carbons (Fsp3) is 0.417. The first-order valence-electron chi connectivity index (χ1n) is 5.13. The molecule has 0 bridgehead atoms. The molecule has 1 unspecified atom stereocenters. The minimum Gasteiger partial charge on any atom is -0.307 e. The maximum Gasteiger partial charge on any atom is 0.136 e. The Balaban J connectivity index is 2.32. The summed E-state index contributed by atoms with van der Waals surface area (Å²) in [4.78, 5) is 11.5. The fourth-order valence-corrected chi connectivity index (χ4v) is 2.25. The van der Waals surface area contributed by atoms with Crippen LogP contribution in [0.5, 0.6) is 0 Å². The Morgan fingerprint density at radius 3 is 2.93 bits per heavy atom. The first kappa shape index (κ1) is 10.7. The topological polar surface area (TPSA) is 29.1 Å². The Kier molecular flexibility index (Phi) is 2.81. The molecule has 3 heteroatoms. The van der Waals surface area contributed by atoms with Crippen molar-refractivity contribution < 1.29 is 4.79 Å². The maximum atomic E-state index is 11.5. The van der Waals surface area contributed by atoms with Crippen molar-refractivity contribution in [1.82, 2.24) is 5.32 Å². The molecule has 15 heavy (non-hydrogen) atoms. The zero-order valence-corrected chi connectivity index (χ0v) is 9.47. The summed E-state index contributed by atoms with van der Waals surface area (Å²) in [5.74, 6) is 0.316. The van der Waals surface area contributed by atoms with Crippen LogP contribution >= 0.6 is 11.6 Å². The molecule has 1 N–H and O–H groups in total. The van der Waals surface area contributed by atoms with E-state index in [4.69, 9.17) is 11.6 Å². The van der Waals surface area contributed by atoms with Gasteiger partial charge in [-0.25, -0.2) is 0 Å². The Morgan fingerprint density at radius 2 is 2.27 bits per heavy atom. The Labute approximate surface area is 94.6 Å². The molecule has 80 valence electrons. The highest BCUT2D eigenvalue weighted by Crippen LogP contribution is 2.29. The van der Waals surface area contributed by atoms with E-state index in [1.807, 2.05) is 24.3 Å². The second-order valence-electron chi connectivity index (χ2n) is 4.23. The average Bonchev–Trinajstić information content (AvgIpc) is 2.17. The molecule has 0 saturated carbocycles. The van der Waals surface area contributed by atoms with Crippen molar-refractivity contribution in [3.63, 3.8) is 0 Å². The highest BCUT2D eigenvalue weighted by molar-refractivity contribution is 6.30. The van der Waals surface area contributed by atoms with Crippen LogP contribution in [-0.4, -0.2) is 12.3 Å². The van der Waals surface area contributed by atoms with Gasteiger partial charge >= 0.3 is 0 Å². The summed E-state index contributed by atoms with van der Waals surface area (Å²) in [6.07, 6.45) is 1.18. The van der Waals surface area contributed by atoms with E-state index < -0.39 is 0 Å². The molecule has 1 fully saturated rings. The van der Waals surface area contributed by atoms with E-state index in [1.165, 1.54) is 0 Å². The van der Waals surface area contributed by atoms with Crippen molar-refractivity contribution in [2.75, 3.05) is 6.54 Å². The number of hydrogen-bond donors (Lipinski definition) is 1. The zero-order chi connectivity index (χ0) is 10.9. The SMILES string of the molecule is CC1(c2cccc(Cl)c2)CC(=O)CCN1. The third-order valence-corrected chi connectivity index (χ3v) is 3.17. The predicted molar refractivity (Wildman–Crippen MR) is 61.0 cm³/mol. The molecule has 0 radical (unpaired) electrons. The molecule has 0 amide bonds. The van der Waals surface area contributed by atoms with Crippen LogP contribution in [0, 0.1) is 0 Å². The molecule has 1 aromatic rings. The van der Waals surface area contributed by atoms with Crippen molar-refractivity contribution in [2.24, 2.45) is 0 Å². The lowest BCUT2D eigenvalue weighted by atomic mass is 9.83. The van der Waals surface area contributed by atoms with Gasteiger partial charge in [0.25, 0.3) is 0 Å². The van der Waals surface area contributed by atoms with Gasteiger partial charge in [0.05, 0.1) is 0 Å². The van der Waals surface area contributed by atoms with Crippen LogP contribution in [0.1, 0.15) is 25.3 Å². The van der Waals surface area contributed by atoms with Gasteiger partial charge in [0.2, 0.25) is 0 Å². The number of nitrogens with one attached hydrogen (secondary N) is 1. The van der Waals surface area contributed by atoms with Crippen LogP contribution < -0.4 is 5.32 Å². The molecular formula is C12H14ClNO. The highest BCUT2D eigenvalue weighted by atomic mass is 35.5. The van der Waals surface area contributed by atoms with Crippen molar-refractivity contribution >= 4 is 17.4 Å². The van der Waals surface area contributed by atoms with Crippen molar-refractivity contribution in [3.8, 4) is 0 Å². The van der Waals surface area contributed by atoms with E-state index in [-0.39, 0.29) is 5.54 Å². The number of ketones is 1. The largest absolute Gasteiger partial charge is 0.307 e. The van der Waals surface area contributed by atoms with E-state index in [9.17, 15) is 4.79 Å². The quantitative estimate of drug-likeness (QED) is 0.793. The van der Waals surface area contributed by atoms with E-state index in [1.54, 1.807) is 0 Å². The van der Waals surface area contributed by atoms with Crippen LogP contribution in [0.25, 0.3) is 0 Å². The van der Waals surface area contributed by atoms with Crippen LogP contribution in [0.3, 0.4) is 0 Å². The molecule has 1 aliphatic rings. The highest BCUT2D eigenvalue weighted by Gasteiger charge is 2.32. The summed E-state index contributed by atoms with van der Waals surface area (Å²) >= 11 is 5.95. The number of carbonyl (C=O) groups is 1. The van der Waals surface area contributed by atoms with Crippen molar-refractivity contribution in [1.29, 1.82) is 0 Å². The van der Waals surface area contributed by atoms with Crippen molar-refractivity contribution in [2.45, 2.75) is 25.3 Å². The smallest absolute Gasteiger partial charge is 0.136 e. The van der Waals surface area contributed by atoms with Crippen LogP contribution in [0.2, 0.25) is 5.02 Å². The molecule has 1 atom stereocenters. The summed E-state index contributed by atoms with van der Waals surface area (Å²) in [6, 6.07) is 7.70. The minimum atomic E-state index is -0.250. The van der Waals surface area contributed by atoms with Crippen LogP contribution in [-0.2, 0) is 10.3 Å². The van der Waals surface area contributed by atoms with Gasteiger partial charge in [0.15, 0.2) is 0 Å². The molecule has 1 aliphatic heterocycles. The second kappa shape index (κ2) is 3.95. The summed E-state index contributed by atoms with van der Waals surface area (Å²) in [5, 5.41) is 4.11. The van der Waals surface area contributed by atoms with E-state index >= 15 is 0 Å². The summed E-state index contributed by atoms with van der Waals surface area (Å²) < 4.78 is 0. The molecule has 1 aromatic carbocycles. The second-order valence-corrected chi connectivity index (χ2v) is 4.67. The Morgan fingerprint density at radius 1 is 1.47 bits per heavy atom. The molecule has 0 spiro atoms. The van der Waals surface area contributed by atoms with Crippen LogP contribution in [0.15, 0.2) is 24.3 Å². The molecule has 1 heterocycles. The van der Waals surface area contributed by atoms with Crippen LogP contribution in [0.4, 0.5) is 0 Å². The lowest BCUT2D eigenvalue weighted by Crippen LogP contribution is -2.46. The molecule has 0 aromatic heterocycles. The van der Waals surface area contributed by atoms with Crippen molar-refractivity contribution in [3.05, 3.63) is 34.9 Å². The number of carbonyl (C=O) groups excluding carboxylic acids is 1. The van der Waals surface area contributed by atoms with E-state index in [2.05, 4.69) is 12.2 Å². The number of piperidine rings is 1. The number of hydrogen-bond acceptors (Lipinski definition) is 2. The zero-order valence-electron chi connectivity index (χ0n) is 8.72. The lowest BCUT2D eigenvalue weighted by molar-refractivity contribution is -0.122. The number of benzene rings is 1. The molecule has 2 nitrogen and oxygen atoms in total. The predicted octanol–water partition coefficient (Wildman–Crippen LogP) is 2.51. The Hall–Kier alpha value is -0.860. The van der Waals surface area contributed by atoms with Gasteiger partial charge in [0, 0.05) is 29.9 Å². The van der Waals surface area contributed by atoms with E-state index in [0.29, 0.717) is 23.6 Å². The number of rotatable bonds is 1. The van der Waals surface area contributed by atoms with Gasteiger partial charge < -0.3 is 5.32 Å². The number of halogens is 1. The van der Waals surface area contributed by atoms with Gasteiger partial charge in [-0.2, -0.15) is 0 Å². The molecule has 1 saturated heterocycles. The molecule has 2 rings (SSSR count). The minimum absolute atomic E-state index is 0.250. The van der Waals surface area contributed by atoms with Gasteiger partial charge in [-0.3, -0.25) is 4.79 Å². The van der Waals surface area contributed by atoms with Gasteiger partial charge in [-0.1, -0.05) is 23.7 Å². The van der Waals surface area contributed by atoms with Gasteiger partial charge in [-0.05, 0) is 24.6 Å². The van der Waals surface area contributed by atoms with Gasteiger partial charge in [-0.15, -0.1) is 0 Å². The third-order valence-electron chi connectivity index (χ3n) is 2.93. The maximum absolute atomic E-state index is 11.5. The summed E-state index contributed by atoms with van der Waals surface area (Å²) in [5.41, 5.74) is 0.836. The first-order valence-corrected chi connectivity index (χ1v) is 5.51. The summed E-state index contributed by atoms with van der Waals surface area (Å²) in [6.45, 7) is 2.80. The third kappa shape index (κ3) is 2.21. The molecule has 0 aliphatic carbocycles. The summed E-state index contributed by atoms with van der Waals surface area (Å²) in [7, 11) is 0. The lowest BCUT2D eigenvalue weighted by Gasteiger charge is -2.34. The van der Waals surface area contributed by atoms with E-state index in [0.717, 1.165) is 12.1 Å². The number of Topliss-reactive ketones (excluding diaryl/α,β-unsaturated/α-hetero) is 1. The standard InChI is InChI=1S/C12H14ClNO/c1-12(8-11(15)5-6-14-12)9-3-2-4-10(13)7-9/h2-4,7,14H,5-6,8H2,1H3. The monoisotopic (exact) mass is 223 g/mol. The fourth-order valence-electron chi connectivity index (χ4n) is 2.06. The Bertz CT molecular complexity index is 391. The molecular weight excluding hydrogens is 210 g/mol. The normalized spacial score (nSPS) is 26.7. The van der Waals surface area contributed by atoms with Gasteiger partial charge in [0.1, 0.15) is 5.78 Å². The first-order chi connectivity index (χ1) is 7.10. The average molecular weight is 224 g/mol.